The van der Waals surface area contributed by atoms with Crippen molar-refractivity contribution in [2.45, 2.75) is 38.6 Å². The zero-order valence-corrected chi connectivity index (χ0v) is 12.5. The highest BCUT2D eigenvalue weighted by atomic mass is 32.1. The molecular weight excluding hydrogens is 288 g/mol. The minimum Gasteiger partial charge on any atom is -0.342 e. The summed E-state index contributed by atoms with van der Waals surface area (Å²) in [7, 11) is 0. The van der Waals surface area contributed by atoms with Crippen LogP contribution in [0.5, 0.6) is 0 Å². The summed E-state index contributed by atoms with van der Waals surface area (Å²) in [5.74, 6) is -0.313. The van der Waals surface area contributed by atoms with Crippen LogP contribution < -0.4 is 10.9 Å². The van der Waals surface area contributed by atoms with E-state index in [4.69, 9.17) is 0 Å². The number of rotatable bonds is 3. The van der Waals surface area contributed by atoms with Gasteiger partial charge in [-0.1, -0.05) is 0 Å². The molecule has 1 atom stereocenters. The van der Waals surface area contributed by atoms with E-state index in [0.29, 0.717) is 0 Å². The lowest BCUT2D eigenvalue weighted by atomic mass is 10.0. The SMILES string of the molecule is CC(NC(=O)c1c[nH]c(=O)cn1)c1nc2c(s1)CCCC2. The quantitative estimate of drug-likeness (QED) is 0.901. The summed E-state index contributed by atoms with van der Waals surface area (Å²) in [6, 6.07) is -0.165. The van der Waals surface area contributed by atoms with Crippen molar-refractivity contribution in [1.82, 2.24) is 20.3 Å². The number of thiazole rings is 1. The molecule has 2 heterocycles. The van der Waals surface area contributed by atoms with Gasteiger partial charge in [0.15, 0.2) is 0 Å². The monoisotopic (exact) mass is 304 g/mol. The highest BCUT2D eigenvalue weighted by Gasteiger charge is 2.20. The van der Waals surface area contributed by atoms with Gasteiger partial charge in [0.25, 0.3) is 11.5 Å². The fourth-order valence-corrected chi connectivity index (χ4v) is 3.51. The number of hydrogen-bond acceptors (Lipinski definition) is 5. The van der Waals surface area contributed by atoms with Gasteiger partial charge in [-0.3, -0.25) is 9.59 Å². The molecule has 1 aliphatic carbocycles. The molecule has 1 amide bonds. The van der Waals surface area contributed by atoms with Crippen molar-refractivity contribution in [3.05, 3.63) is 44.0 Å². The third-order valence-electron chi connectivity index (χ3n) is 3.48. The summed E-state index contributed by atoms with van der Waals surface area (Å²) in [5.41, 5.74) is 1.06. The Morgan fingerprint density at radius 2 is 2.24 bits per heavy atom. The number of amides is 1. The minimum atomic E-state index is -0.327. The van der Waals surface area contributed by atoms with Crippen LogP contribution in [-0.4, -0.2) is 20.9 Å². The van der Waals surface area contributed by atoms with Crippen molar-refractivity contribution < 1.29 is 4.79 Å². The van der Waals surface area contributed by atoms with Crippen molar-refractivity contribution in [3.8, 4) is 0 Å². The summed E-state index contributed by atoms with van der Waals surface area (Å²) in [6.45, 7) is 1.91. The van der Waals surface area contributed by atoms with Gasteiger partial charge in [0, 0.05) is 11.1 Å². The molecule has 1 unspecified atom stereocenters. The number of aryl methyl sites for hydroxylation is 2. The van der Waals surface area contributed by atoms with Crippen LogP contribution in [0, 0.1) is 0 Å². The predicted octanol–water partition coefficient (Wildman–Crippen LogP) is 1.60. The standard InChI is InChI=1S/C14H16N4O2S/c1-8(14-18-9-4-2-3-5-11(9)21-14)17-13(20)10-6-16-12(19)7-15-10/h6-8H,2-5H2,1H3,(H,16,19)(H,17,20). The van der Waals surface area contributed by atoms with Gasteiger partial charge in [-0.2, -0.15) is 0 Å². The summed E-state index contributed by atoms with van der Waals surface area (Å²) in [4.78, 5) is 35.2. The van der Waals surface area contributed by atoms with Crippen molar-refractivity contribution in [2.24, 2.45) is 0 Å². The average Bonchev–Trinajstić information content (AvgIpc) is 2.92. The smallest absolute Gasteiger partial charge is 0.271 e. The van der Waals surface area contributed by atoms with E-state index in [1.165, 1.54) is 29.6 Å². The van der Waals surface area contributed by atoms with Crippen molar-refractivity contribution in [3.63, 3.8) is 0 Å². The molecule has 21 heavy (non-hydrogen) atoms. The van der Waals surface area contributed by atoms with Crippen LogP contribution in [0.25, 0.3) is 0 Å². The Kier molecular flexibility index (Phi) is 3.83. The van der Waals surface area contributed by atoms with E-state index >= 15 is 0 Å². The molecule has 7 heteroatoms. The Morgan fingerprint density at radius 1 is 1.43 bits per heavy atom. The topological polar surface area (TPSA) is 87.7 Å². The summed E-state index contributed by atoms with van der Waals surface area (Å²) in [5, 5.41) is 3.80. The van der Waals surface area contributed by atoms with Crippen LogP contribution in [-0.2, 0) is 12.8 Å². The Morgan fingerprint density at radius 3 is 2.95 bits per heavy atom. The molecule has 3 rings (SSSR count). The van der Waals surface area contributed by atoms with Crippen LogP contribution in [0.4, 0.5) is 0 Å². The first-order chi connectivity index (χ1) is 10.1. The Balaban J connectivity index is 1.72. The first-order valence-corrected chi connectivity index (χ1v) is 7.79. The maximum atomic E-state index is 12.1. The Bertz CT molecular complexity index is 678. The Hall–Kier alpha value is -2.02. The fraction of sp³-hybridized carbons (Fsp3) is 0.429. The number of nitrogens with zero attached hydrogens (tertiary/aromatic N) is 2. The van der Waals surface area contributed by atoms with E-state index in [2.05, 4.69) is 20.3 Å². The van der Waals surface area contributed by atoms with E-state index in [9.17, 15) is 9.59 Å². The molecular formula is C14H16N4O2S. The van der Waals surface area contributed by atoms with Gasteiger partial charge in [0.2, 0.25) is 0 Å². The van der Waals surface area contributed by atoms with Gasteiger partial charge in [0.1, 0.15) is 10.7 Å². The first-order valence-electron chi connectivity index (χ1n) is 6.97. The van der Waals surface area contributed by atoms with Gasteiger partial charge in [0.05, 0.1) is 17.9 Å². The van der Waals surface area contributed by atoms with Gasteiger partial charge >= 0.3 is 0 Å². The molecule has 2 aromatic heterocycles. The average molecular weight is 304 g/mol. The van der Waals surface area contributed by atoms with Crippen molar-refractivity contribution >= 4 is 17.2 Å². The van der Waals surface area contributed by atoms with E-state index in [0.717, 1.165) is 24.0 Å². The molecule has 0 saturated carbocycles. The van der Waals surface area contributed by atoms with Gasteiger partial charge in [-0.05, 0) is 32.6 Å². The molecule has 0 aromatic carbocycles. The minimum absolute atomic E-state index is 0.165. The van der Waals surface area contributed by atoms with E-state index in [1.54, 1.807) is 11.3 Å². The van der Waals surface area contributed by atoms with Crippen molar-refractivity contribution in [2.75, 3.05) is 0 Å². The van der Waals surface area contributed by atoms with Crippen LogP contribution in [0.3, 0.4) is 0 Å². The predicted molar refractivity (Wildman–Crippen MR) is 79.5 cm³/mol. The number of aromatic nitrogens is 3. The number of hydrogen-bond donors (Lipinski definition) is 2. The van der Waals surface area contributed by atoms with Crippen LogP contribution in [0.15, 0.2) is 17.2 Å². The Labute approximate surface area is 125 Å². The summed E-state index contributed by atoms with van der Waals surface area (Å²) in [6.07, 6.45) is 6.96. The first kappa shape index (κ1) is 13.9. The maximum Gasteiger partial charge on any atom is 0.271 e. The fourth-order valence-electron chi connectivity index (χ4n) is 2.36. The highest BCUT2D eigenvalue weighted by Crippen LogP contribution is 2.29. The number of H-pyrrole nitrogens is 1. The normalized spacial score (nSPS) is 15.3. The summed E-state index contributed by atoms with van der Waals surface area (Å²) >= 11 is 1.68. The summed E-state index contributed by atoms with van der Waals surface area (Å²) < 4.78 is 0. The number of nitrogens with one attached hydrogen (secondary N) is 2. The van der Waals surface area contributed by atoms with Gasteiger partial charge in [-0.25, -0.2) is 9.97 Å². The van der Waals surface area contributed by atoms with E-state index in [-0.39, 0.29) is 23.2 Å². The molecule has 2 N–H and O–H groups in total. The lowest BCUT2D eigenvalue weighted by Crippen LogP contribution is -2.28. The number of aromatic amines is 1. The second-order valence-electron chi connectivity index (χ2n) is 5.12. The molecule has 2 aromatic rings. The molecule has 0 fully saturated rings. The molecule has 110 valence electrons. The lowest BCUT2D eigenvalue weighted by molar-refractivity contribution is 0.0934. The van der Waals surface area contributed by atoms with Gasteiger partial charge < -0.3 is 10.3 Å². The maximum absolute atomic E-state index is 12.1. The third kappa shape index (κ3) is 3.02. The zero-order chi connectivity index (χ0) is 14.8. The van der Waals surface area contributed by atoms with Gasteiger partial charge in [-0.15, -0.1) is 11.3 Å². The molecule has 0 spiro atoms. The molecule has 0 aliphatic heterocycles. The second kappa shape index (κ2) is 5.77. The number of fused-ring (bicyclic) bond motifs is 1. The highest BCUT2D eigenvalue weighted by molar-refractivity contribution is 7.11. The number of carbonyl (C=O) groups is 1. The molecule has 0 bridgehead atoms. The van der Waals surface area contributed by atoms with Crippen LogP contribution in [0.2, 0.25) is 0 Å². The number of carbonyl (C=O) groups excluding carboxylic acids is 1. The second-order valence-corrected chi connectivity index (χ2v) is 6.24. The zero-order valence-electron chi connectivity index (χ0n) is 11.7. The van der Waals surface area contributed by atoms with Crippen LogP contribution >= 0.6 is 11.3 Å². The third-order valence-corrected chi connectivity index (χ3v) is 4.83. The molecule has 0 saturated heterocycles. The van der Waals surface area contributed by atoms with E-state index < -0.39 is 0 Å². The van der Waals surface area contributed by atoms with Crippen molar-refractivity contribution in [1.29, 1.82) is 0 Å². The molecule has 1 aliphatic rings. The van der Waals surface area contributed by atoms with Crippen LogP contribution in [0.1, 0.15) is 51.9 Å². The molecule has 0 radical (unpaired) electrons. The van der Waals surface area contributed by atoms with E-state index in [1.807, 2.05) is 6.92 Å². The largest absolute Gasteiger partial charge is 0.342 e. The lowest BCUT2D eigenvalue weighted by Gasteiger charge is -2.10. The molecule has 6 nitrogen and oxygen atoms in total.